The molecule has 208 valence electrons. The zero-order valence-corrected chi connectivity index (χ0v) is 21.4. The number of sulfonamides is 1. The van der Waals surface area contributed by atoms with Crippen LogP contribution < -0.4 is 10.0 Å². The normalized spacial score (nSPS) is 16.4. The van der Waals surface area contributed by atoms with Crippen LogP contribution in [0.25, 0.3) is 0 Å². The van der Waals surface area contributed by atoms with E-state index in [2.05, 4.69) is 20.0 Å². The first-order valence-corrected chi connectivity index (χ1v) is 13.6. The largest absolute Gasteiger partial charge is 0.416 e. The molecule has 1 aromatic heterocycles. The predicted octanol–water partition coefficient (Wildman–Crippen LogP) is 3.77. The molecule has 0 aliphatic heterocycles. The van der Waals surface area contributed by atoms with Gasteiger partial charge in [0.05, 0.1) is 29.1 Å². The molecule has 0 spiro atoms. The minimum atomic E-state index is -4.75. The number of rotatable bonds is 9. The van der Waals surface area contributed by atoms with E-state index in [1.807, 2.05) is 0 Å². The molecule has 2 aromatic carbocycles. The van der Waals surface area contributed by atoms with Gasteiger partial charge in [0.2, 0.25) is 15.9 Å². The van der Waals surface area contributed by atoms with Gasteiger partial charge in [-0.3, -0.25) is 4.79 Å². The summed E-state index contributed by atoms with van der Waals surface area (Å²) in [6.07, 6.45) is -1.24. The molecule has 3 N–H and O–H groups in total. The van der Waals surface area contributed by atoms with Gasteiger partial charge < -0.3 is 10.4 Å². The average Bonchev–Trinajstić information content (AvgIpc) is 2.88. The van der Waals surface area contributed by atoms with E-state index in [4.69, 9.17) is 5.11 Å². The van der Waals surface area contributed by atoms with Crippen LogP contribution in [0.3, 0.4) is 0 Å². The Hall–Kier alpha value is -3.42. The van der Waals surface area contributed by atoms with Gasteiger partial charge in [-0.05, 0) is 55.2 Å². The van der Waals surface area contributed by atoms with E-state index in [-0.39, 0.29) is 12.2 Å². The molecular weight excluding hydrogens is 540 g/mol. The second kappa shape index (κ2) is 11.8. The van der Waals surface area contributed by atoms with Crippen molar-refractivity contribution in [3.05, 3.63) is 88.8 Å². The molecule has 1 heterocycles. The number of alkyl halides is 3. The molecule has 13 heteroatoms. The Morgan fingerprint density at radius 3 is 2.59 bits per heavy atom. The molecule has 4 rings (SSSR count). The SMILES string of the molecule is O=C(CC(NS(=O)(=O)c1cccc(C(F)(F)F)c1)c1ccc(F)cc1)NC1CCCc2nc(CCO)ncc21. The molecule has 0 radical (unpaired) electrons. The van der Waals surface area contributed by atoms with E-state index in [1.54, 1.807) is 6.20 Å². The van der Waals surface area contributed by atoms with Crippen LogP contribution in [-0.2, 0) is 33.8 Å². The lowest BCUT2D eigenvalue weighted by atomic mass is 9.92. The number of fused-ring (bicyclic) bond motifs is 1. The lowest BCUT2D eigenvalue weighted by Gasteiger charge is -2.27. The van der Waals surface area contributed by atoms with Gasteiger partial charge in [0.1, 0.15) is 11.6 Å². The smallest absolute Gasteiger partial charge is 0.396 e. The number of nitrogens with one attached hydrogen (secondary N) is 2. The third kappa shape index (κ3) is 7.16. The number of amides is 1. The van der Waals surface area contributed by atoms with Crippen LogP contribution in [0.15, 0.2) is 59.6 Å². The van der Waals surface area contributed by atoms with E-state index >= 15 is 0 Å². The molecule has 39 heavy (non-hydrogen) atoms. The van der Waals surface area contributed by atoms with E-state index in [1.165, 1.54) is 12.1 Å². The van der Waals surface area contributed by atoms with Gasteiger partial charge in [-0.15, -0.1) is 0 Å². The Kier molecular flexibility index (Phi) is 8.62. The molecule has 8 nitrogen and oxygen atoms in total. The Labute approximate surface area is 222 Å². The second-order valence-corrected chi connectivity index (χ2v) is 10.8. The predicted molar refractivity (Wildman–Crippen MR) is 132 cm³/mol. The highest BCUT2D eigenvalue weighted by Crippen LogP contribution is 2.32. The monoisotopic (exact) mass is 566 g/mol. The summed E-state index contributed by atoms with van der Waals surface area (Å²) in [6.45, 7) is -0.0971. The highest BCUT2D eigenvalue weighted by atomic mass is 32.2. The van der Waals surface area contributed by atoms with Crippen molar-refractivity contribution in [3.63, 3.8) is 0 Å². The number of aliphatic hydroxyl groups is 1. The van der Waals surface area contributed by atoms with Crippen molar-refractivity contribution in [1.29, 1.82) is 0 Å². The number of hydrogen-bond acceptors (Lipinski definition) is 6. The van der Waals surface area contributed by atoms with Crippen LogP contribution in [0.2, 0.25) is 0 Å². The molecule has 0 fully saturated rings. The molecule has 2 unspecified atom stereocenters. The number of benzene rings is 2. The maximum atomic E-state index is 13.5. The van der Waals surface area contributed by atoms with Crippen LogP contribution in [0.1, 0.15) is 59.6 Å². The van der Waals surface area contributed by atoms with Crippen molar-refractivity contribution in [3.8, 4) is 0 Å². The number of aliphatic hydroxyl groups excluding tert-OH is 1. The summed E-state index contributed by atoms with van der Waals surface area (Å²) >= 11 is 0. The number of nitrogens with zero attached hydrogens (tertiary/aromatic N) is 2. The van der Waals surface area contributed by atoms with E-state index in [0.29, 0.717) is 31.2 Å². The maximum absolute atomic E-state index is 13.5. The Bertz CT molecular complexity index is 1430. The summed E-state index contributed by atoms with van der Waals surface area (Å²) < 4.78 is 81.5. The summed E-state index contributed by atoms with van der Waals surface area (Å²) in [5.74, 6) is -0.626. The second-order valence-electron chi connectivity index (χ2n) is 9.13. The highest BCUT2D eigenvalue weighted by Gasteiger charge is 2.33. The average molecular weight is 567 g/mol. The first kappa shape index (κ1) is 28.6. The van der Waals surface area contributed by atoms with Crippen LogP contribution in [0, 0.1) is 5.82 Å². The van der Waals surface area contributed by atoms with Gasteiger partial charge >= 0.3 is 6.18 Å². The minimum absolute atomic E-state index is 0.0971. The van der Waals surface area contributed by atoms with Gasteiger partial charge in [-0.1, -0.05) is 18.2 Å². The summed E-state index contributed by atoms with van der Waals surface area (Å²) in [6, 6.07) is 6.42. The van der Waals surface area contributed by atoms with Crippen molar-refractivity contribution in [1.82, 2.24) is 20.0 Å². The molecule has 0 bridgehead atoms. The van der Waals surface area contributed by atoms with Crippen molar-refractivity contribution >= 4 is 15.9 Å². The topological polar surface area (TPSA) is 121 Å². The molecule has 3 aromatic rings. The van der Waals surface area contributed by atoms with E-state index < -0.39 is 56.9 Å². The lowest BCUT2D eigenvalue weighted by molar-refractivity contribution is -0.137. The van der Waals surface area contributed by atoms with Crippen molar-refractivity contribution in [2.75, 3.05) is 6.61 Å². The summed E-state index contributed by atoms with van der Waals surface area (Å²) in [7, 11) is -4.50. The molecule has 1 aliphatic rings. The number of carbonyl (C=O) groups is 1. The Balaban J connectivity index is 1.56. The van der Waals surface area contributed by atoms with Crippen molar-refractivity contribution in [2.24, 2.45) is 0 Å². The van der Waals surface area contributed by atoms with E-state index in [9.17, 15) is 30.8 Å². The molecule has 0 saturated heterocycles. The van der Waals surface area contributed by atoms with Crippen LogP contribution >= 0.6 is 0 Å². The quantitative estimate of drug-likeness (QED) is 0.339. The number of hydrogen-bond donors (Lipinski definition) is 3. The molecule has 1 amide bonds. The fourth-order valence-corrected chi connectivity index (χ4v) is 5.68. The maximum Gasteiger partial charge on any atom is 0.416 e. The van der Waals surface area contributed by atoms with Crippen LogP contribution in [0.5, 0.6) is 0 Å². The van der Waals surface area contributed by atoms with E-state index in [0.717, 1.165) is 48.0 Å². The summed E-state index contributed by atoms with van der Waals surface area (Å²) in [4.78, 5) is 21.2. The first-order valence-electron chi connectivity index (χ1n) is 12.2. The van der Waals surface area contributed by atoms with Gasteiger partial charge in [-0.25, -0.2) is 27.5 Å². The zero-order valence-electron chi connectivity index (χ0n) is 20.6. The van der Waals surface area contributed by atoms with Gasteiger partial charge in [-0.2, -0.15) is 13.2 Å². The Morgan fingerprint density at radius 1 is 1.15 bits per heavy atom. The van der Waals surface area contributed by atoms with Gasteiger partial charge in [0.15, 0.2) is 0 Å². The third-order valence-electron chi connectivity index (χ3n) is 6.33. The summed E-state index contributed by atoms with van der Waals surface area (Å²) in [5, 5.41) is 12.0. The molecule has 0 saturated carbocycles. The number of halogens is 4. The lowest BCUT2D eigenvalue weighted by Crippen LogP contribution is -2.36. The summed E-state index contributed by atoms with van der Waals surface area (Å²) in [5.41, 5.74) is 0.592. The number of aromatic nitrogens is 2. The van der Waals surface area contributed by atoms with Crippen LogP contribution in [0.4, 0.5) is 17.6 Å². The van der Waals surface area contributed by atoms with Crippen molar-refractivity contribution < 1.29 is 35.9 Å². The molecule has 1 aliphatic carbocycles. The standard InChI is InChI=1S/C26H26F4N4O4S/c27-18-9-7-16(8-10-18)23(34-39(37,38)19-4-1-3-17(13-19)26(28,29)30)14-25(36)33-22-6-2-5-21-20(22)15-31-24(32-21)11-12-35/h1,3-4,7-10,13,15,22-23,34-35H,2,5-6,11-12,14H2,(H,33,36). The Morgan fingerprint density at radius 2 is 1.90 bits per heavy atom. The molecule has 2 atom stereocenters. The van der Waals surface area contributed by atoms with Gasteiger partial charge in [0, 0.05) is 30.3 Å². The number of aryl methyl sites for hydroxylation is 1. The fourth-order valence-electron chi connectivity index (χ4n) is 4.41. The number of carbonyl (C=O) groups excluding carboxylic acids is 1. The minimum Gasteiger partial charge on any atom is -0.396 e. The highest BCUT2D eigenvalue weighted by molar-refractivity contribution is 7.89. The van der Waals surface area contributed by atoms with Crippen LogP contribution in [-0.4, -0.2) is 36.0 Å². The van der Waals surface area contributed by atoms with Gasteiger partial charge in [0.25, 0.3) is 0 Å². The fraction of sp³-hybridized carbons (Fsp3) is 0.346. The zero-order chi connectivity index (χ0) is 28.2. The first-order chi connectivity index (χ1) is 18.5. The molecular formula is C26H26F4N4O4S. The third-order valence-corrected chi connectivity index (χ3v) is 7.80. The van der Waals surface area contributed by atoms with Crippen molar-refractivity contribution in [2.45, 2.75) is 55.3 Å².